The fourth-order valence-electron chi connectivity index (χ4n) is 6.66. The van der Waals surface area contributed by atoms with E-state index in [1.54, 1.807) is 0 Å². The average molecular weight is 837 g/mol. The van der Waals surface area contributed by atoms with E-state index < -0.39 is 6.10 Å². The predicted octanol–water partition coefficient (Wildman–Crippen LogP) is 16.3. The van der Waals surface area contributed by atoms with Crippen LogP contribution in [0.1, 0.15) is 233 Å². The summed E-state index contributed by atoms with van der Waals surface area (Å²) in [4.78, 5) is 37.9. The monoisotopic (exact) mass is 837 g/mol. The van der Waals surface area contributed by atoms with E-state index in [-0.39, 0.29) is 31.1 Å². The summed E-state index contributed by atoms with van der Waals surface area (Å²) >= 11 is 0. The van der Waals surface area contributed by atoms with Crippen molar-refractivity contribution in [1.82, 2.24) is 0 Å². The second kappa shape index (κ2) is 48.5. The molecule has 0 bridgehead atoms. The first kappa shape index (κ1) is 56.9. The Morgan fingerprint density at radius 1 is 0.350 bits per heavy atom. The molecule has 0 aliphatic rings. The molecular formula is C54H92O6. The number of allylic oxidation sites excluding steroid dienone is 12. The summed E-state index contributed by atoms with van der Waals surface area (Å²) in [5.74, 6) is -0.933. The maximum Gasteiger partial charge on any atom is 0.306 e. The Morgan fingerprint density at radius 2 is 0.650 bits per heavy atom. The summed E-state index contributed by atoms with van der Waals surface area (Å²) in [6.45, 7) is 6.43. The molecule has 0 rings (SSSR count). The fraction of sp³-hybridized carbons (Fsp3) is 0.722. The molecule has 6 nitrogen and oxygen atoms in total. The van der Waals surface area contributed by atoms with Gasteiger partial charge in [-0.05, 0) is 109 Å². The molecule has 0 saturated carbocycles. The molecule has 0 radical (unpaired) electrons. The van der Waals surface area contributed by atoms with Crippen LogP contribution in [-0.2, 0) is 28.6 Å². The van der Waals surface area contributed by atoms with Crippen LogP contribution in [0.5, 0.6) is 0 Å². The number of carbonyl (C=O) groups is 3. The van der Waals surface area contributed by atoms with Crippen LogP contribution in [0.4, 0.5) is 0 Å². The Kier molecular flexibility index (Phi) is 46.0. The summed E-state index contributed by atoms with van der Waals surface area (Å²) in [6, 6.07) is 0. The molecular weight excluding hydrogens is 745 g/mol. The zero-order valence-electron chi connectivity index (χ0n) is 39.2. The largest absolute Gasteiger partial charge is 0.462 e. The van der Waals surface area contributed by atoms with Gasteiger partial charge >= 0.3 is 17.9 Å². The molecule has 0 saturated heterocycles. The lowest BCUT2D eigenvalue weighted by molar-refractivity contribution is -0.167. The molecule has 344 valence electrons. The summed E-state index contributed by atoms with van der Waals surface area (Å²) in [7, 11) is 0. The van der Waals surface area contributed by atoms with E-state index in [1.807, 2.05) is 0 Å². The van der Waals surface area contributed by atoms with E-state index in [0.717, 1.165) is 128 Å². The Hall–Kier alpha value is -3.15. The van der Waals surface area contributed by atoms with Gasteiger partial charge in [-0.3, -0.25) is 14.4 Å². The standard InChI is InChI=1S/C54H92O6/c1-4-7-10-13-16-19-22-25-27-29-32-35-38-41-44-47-53(56)59-50-51(49-58-52(55)46-43-40-37-34-31-24-21-18-15-12-9-6-3)60-54(57)48-45-42-39-36-33-30-28-26-23-20-17-14-11-8-5-2/h7,10,16-21,25-28,51H,4-6,8-9,11-15,22-24,29-50H2,1-3H3/b10-7-,19-16-,20-17-,21-18-,27-25-,28-26-. The van der Waals surface area contributed by atoms with Gasteiger partial charge in [0.15, 0.2) is 6.10 Å². The topological polar surface area (TPSA) is 78.9 Å². The third-order valence-corrected chi connectivity index (χ3v) is 10.4. The summed E-state index contributed by atoms with van der Waals surface area (Å²) in [5.41, 5.74) is 0. The number of unbranched alkanes of at least 4 members (excludes halogenated alkanes) is 21. The zero-order chi connectivity index (χ0) is 43.7. The summed E-state index contributed by atoms with van der Waals surface area (Å²) in [5, 5.41) is 0. The lowest BCUT2D eigenvalue weighted by atomic mass is 10.1. The number of ether oxygens (including phenoxy) is 3. The number of hydrogen-bond acceptors (Lipinski definition) is 6. The Labute approximate surface area is 370 Å². The Balaban J connectivity index is 4.45. The summed E-state index contributed by atoms with van der Waals surface area (Å²) < 4.78 is 16.7. The molecule has 0 aromatic carbocycles. The highest BCUT2D eigenvalue weighted by Crippen LogP contribution is 2.13. The minimum atomic E-state index is -0.792. The van der Waals surface area contributed by atoms with Crippen LogP contribution in [0, 0.1) is 0 Å². The molecule has 0 fully saturated rings. The van der Waals surface area contributed by atoms with E-state index in [2.05, 4.69) is 93.7 Å². The van der Waals surface area contributed by atoms with Gasteiger partial charge in [0.05, 0.1) is 0 Å². The van der Waals surface area contributed by atoms with E-state index in [4.69, 9.17) is 14.2 Å². The number of esters is 3. The highest BCUT2D eigenvalue weighted by atomic mass is 16.6. The first-order valence-electron chi connectivity index (χ1n) is 24.9. The lowest BCUT2D eigenvalue weighted by Crippen LogP contribution is -2.30. The van der Waals surface area contributed by atoms with Crippen molar-refractivity contribution in [3.63, 3.8) is 0 Å². The molecule has 0 aliphatic heterocycles. The lowest BCUT2D eigenvalue weighted by Gasteiger charge is -2.18. The second-order valence-corrected chi connectivity index (χ2v) is 16.3. The molecule has 0 heterocycles. The van der Waals surface area contributed by atoms with Gasteiger partial charge in [-0.1, -0.05) is 177 Å². The first-order chi connectivity index (χ1) is 29.5. The van der Waals surface area contributed by atoms with Gasteiger partial charge in [0.25, 0.3) is 0 Å². The van der Waals surface area contributed by atoms with E-state index >= 15 is 0 Å². The van der Waals surface area contributed by atoms with Gasteiger partial charge < -0.3 is 14.2 Å². The van der Waals surface area contributed by atoms with Crippen molar-refractivity contribution in [3.05, 3.63) is 72.9 Å². The molecule has 60 heavy (non-hydrogen) atoms. The van der Waals surface area contributed by atoms with Gasteiger partial charge in [-0.2, -0.15) is 0 Å². The molecule has 6 heteroatoms. The van der Waals surface area contributed by atoms with Gasteiger partial charge in [0, 0.05) is 19.3 Å². The van der Waals surface area contributed by atoms with Crippen LogP contribution in [0.2, 0.25) is 0 Å². The van der Waals surface area contributed by atoms with Crippen molar-refractivity contribution in [2.24, 2.45) is 0 Å². The summed E-state index contributed by atoms with van der Waals surface area (Å²) in [6.07, 6.45) is 60.2. The third-order valence-electron chi connectivity index (χ3n) is 10.4. The Bertz CT molecular complexity index is 1140. The number of carbonyl (C=O) groups excluding carboxylic acids is 3. The minimum Gasteiger partial charge on any atom is -0.462 e. The first-order valence-corrected chi connectivity index (χ1v) is 24.9. The van der Waals surface area contributed by atoms with Crippen LogP contribution in [-0.4, -0.2) is 37.2 Å². The molecule has 1 unspecified atom stereocenters. The van der Waals surface area contributed by atoms with Gasteiger partial charge in [-0.25, -0.2) is 0 Å². The molecule has 1 atom stereocenters. The highest BCUT2D eigenvalue weighted by molar-refractivity contribution is 5.71. The number of hydrogen-bond donors (Lipinski definition) is 0. The van der Waals surface area contributed by atoms with Crippen LogP contribution >= 0.6 is 0 Å². The average Bonchev–Trinajstić information content (AvgIpc) is 3.24. The molecule has 0 amide bonds. The van der Waals surface area contributed by atoms with Crippen molar-refractivity contribution in [2.45, 2.75) is 239 Å². The van der Waals surface area contributed by atoms with Crippen molar-refractivity contribution in [1.29, 1.82) is 0 Å². The van der Waals surface area contributed by atoms with E-state index in [9.17, 15) is 14.4 Å². The maximum atomic E-state index is 12.8. The molecule has 0 N–H and O–H groups in total. The van der Waals surface area contributed by atoms with Crippen molar-refractivity contribution in [3.8, 4) is 0 Å². The molecule has 0 aliphatic carbocycles. The van der Waals surface area contributed by atoms with Gasteiger partial charge in [-0.15, -0.1) is 0 Å². The zero-order valence-corrected chi connectivity index (χ0v) is 39.2. The maximum absolute atomic E-state index is 12.8. The fourth-order valence-corrected chi connectivity index (χ4v) is 6.66. The number of rotatable bonds is 44. The quantitative estimate of drug-likeness (QED) is 0.0263. The van der Waals surface area contributed by atoms with Crippen molar-refractivity contribution < 1.29 is 28.6 Å². The van der Waals surface area contributed by atoms with Crippen molar-refractivity contribution in [2.75, 3.05) is 13.2 Å². The highest BCUT2D eigenvalue weighted by Gasteiger charge is 2.19. The van der Waals surface area contributed by atoms with Crippen LogP contribution in [0.15, 0.2) is 72.9 Å². The van der Waals surface area contributed by atoms with Crippen LogP contribution in [0.25, 0.3) is 0 Å². The Morgan fingerprint density at radius 3 is 1.03 bits per heavy atom. The smallest absolute Gasteiger partial charge is 0.306 e. The minimum absolute atomic E-state index is 0.0916. The third kappa shape index (κ3) is 45.9. The predicted molar refractivity (Wildman–Crippen MR) is 256 cm³/mol. The van der Waals surface area contributed by atoms with Gasteiger partial charge in [0.2, 0.25) is 0 Å². The van der Waals surface area contributed by atoms with Crippen LogP contribution in [0.3, 0.4) is 0 Å². The van der Waals surface area contributed by atoms with Crippen molar-refractivity contribution >= 4 is 17.9 Å². The van der Waals surface area contributed by atoms with E-state index in [0.29, 0.717) is 19.3 Å². The van der Waals surface area contributed by atoms with Gasteiger partial charge in [0.1, 0.15) is 13.2 Å². The molecule has 0 spiro atoms. The SMILES string of the molecule is CC/C=C\C/C=C\C/C=C\CCCCCCCC(=O)OCC(COC(=O)CCCCCCC/C=C\CCCCC)OC(=O)CCCCCCC/C=C\C/C=C\CCCCC. The van der Waals surface area contributed by atoms with Crippen LogP contribution < -0.4 is 0 Å². The normalized spacial score (nSPS) is 12.7. The van der Waals surface area contributed by atoms with E-state index in [1.165, 1.54) is 64.2 Å². The second-order valence-electron chi connectivity index (χ2n) is 16.3. The molecule has 0 aromatic rings. The molecule has 0 aromatic heterocycles.